The van der Waals surface area contributed by atoms with Crippen molar-refractivity contribution < 1.29 is 22.7 Å². The van der Waals surface area contributed by atoms with Gasteiger partial charge < -0.3 is 4.74 Å². The largest absolute Gasteiger partial charge is 0.450 e. The van der Waals surface area contributed by atoms with E-state index in [0.717, 1.165) is 6.42 Å². The third-order valence-electron chi connectivity index (χ3n) is 2.72. The van der Waals surface area contributed by atoms with E-state index < -0.39 is 24.0 Å². The zero-order valence-electron chi connectivity index (χ0n) is 6.80. The van der Waals surface area contributed by atoms with E-state index in [1.807, 2.05) is 0 Å². The highest BCUT2D eigenvalue weighted by Gasteiger charge is 2.52. The molecule has 13 heavy (non-hydrogen) atoms. The van der Waals surface area contributed by atoms with E-state index in [-0.39, 0.29) is 12.5 Å². The molecule has 0 radical (unpaired) electrons. The SMILES string of the molecule is O=C(C1CC2CCC1O2)C(F)(F)F. The first kappa shape index (κ1) is 8.99. The highest BCUT2D eigenvalue weighted by molar-refractivity contribution is 5.87. The van der Waals surface area contributed by atoms with Crippen molar-refractivity contribution in [2.75, 3.05) is 0 Å². The maximum Gasteiger partial charge on any atom is 0.450 e. The lowest BCUT2D eigenvalue weighted by atomic mass is 9.86. The molecular formula is C8H9F3O2. The summed E-state index contributed by atoms with van der Waals surface area (Å²) in [6, 6.07) is 0. The molecule has 2 aliphatic heterocycles. The summed E-state index contributed by atoms with van der Waals surface area (Å²) in [6.45, 7) is 0. The molecule has 2 aliphatic rings. The van der Waals surface area contributed by atoms with E-state index in [0.29, 0.717) is 6.42 Å². The van der Waals surface area contributed by atoms with E-state index in [1.54, 1.807) is 0 Å². The van der Waals surface area contributed by atoms with Gasteiger partial charge in [0.25, 0.3) is 0 Å². The number of carbonyl (C=O) groups is 1. The van der Waals surface area contributed by atoms with Gasteiger partial charge in [-0.15, -0.1) is 0 Å². The van der Waals surface area contributed by atoms with Crippen LogP contribution in [0.5, 0.6) is 0 Å². The van der Waals surface area contributed by atoms with E-state index >= 15 is 0 Å². The molecule has 0 aliphatic carbocycles. The van der Waals surface area contributed by atoms with Crippen LogP contribution in [0.25, 0.3) is 0 Å². The van der Waals surface area contributed by atoms with Crippen molar-refractivity contribution in [1.82, 2.24) is 0 Å². The monoisotopic (exact) mass is 194 g/mol. The average molecular weight is 194 g/mol. The van der Waals surface area contributed by atoms with Crippen LogP contribution in [0.1, 0.15) is 19.3 Å². The molecule has 0 aromatic carbocycles. The van der Waals surface area contributed by atoms with Gasteiger partial charge in [0, 0.05) is 0 Å². The van der Waals surface area contributed by atoms with Gasteiger partial charge in [-0.3, -0.25) is 4.79 Å². The number of alkyl halides is 3. The maximum atomic E-state index is 12.0. The molecule has 2 bridgehead atoms. The average Bonchev–Trinajstić information content (AvgIpc) is 2.60. The topological polar surface area (TPSA) is 26.3 Å². The Morgan fingerprint density at radius 2 is 2.00 bits per heavy atom. The number of ether oxygens (including phenoxy) is 1. The van der Waals surface area contributed by atoms with Crippen LogP contribution in [-0.2, 0) is 9.53 Å². The number of carbonyl (C=O) groups excluding carboxylic acids is 1. The molecule has 74 valence electrons. The summed E-state index contributed by atoms with van der Waals surface area (Å²) in [5.41, 5.74) is 0. The van der Waals surface area contributed by atoms with E-state index in [1.165, 1.54) is 0 Å². The van der Waals surface area contributed by atoms with E-state index in [9.17, 15) is 18.0 Å². The van der Waals surface area contributed by atoms with Crippen LogP contribution in [0.15, 0.2) is 0 Å². The lowest BCUT2D eigenvalue weighted by Gasteiger charge is -2.18. The number of fused-ring (bicyclic) bond motifs is 2. The molecule has 0 saturated carbocycles. The van der Waals surface area contributed by atoms with Crippen molar-refractivity contribution in [3.8, 4) is 0 Å². The predicted molar refractivity (Wildman–Crippen MR) is 37.1 cm³/mol. The van der Waals surface area contributed by atoms with Gasteiger partial charge >= 0.3 is 6.18 Å². The fourth-order valence-corrected chi connectivity index (χ4v) is 2.12. The summed E-state index contributed by atoms with van der Waals surface area (Å²) < 4.78 is 41.2. The molecule has 0 N–H and O–H groups in total. The third-order valence-corrected chi connectivity index (χ3v) is 2.72. The molecule has 0 aromatic heterocycles. The van der Waals surface area contributed by atoms with Gasteiger partial charge in [-0.2, -0.15) is 13.2 Å². The molecule has 2 fully saturated rings. The number of hydrogen-bond donors (Lipinski definition) is 0. The molecular weight excluding hydrogens is 185 g/mol. The Balaban J connectivity index is 2.07. The Morgan fingerprint density at radius 1 is 1.31 bits per heavy atom. The lowest BCUT2D eigenvalue weighted by molar-refractivity contribution is -0.177. The molecule has 5 heteroatoms. The van der Waals surface area contributed by atoms with Gasteiger partial charge in [0.1, 0.15) is 0 Å². The van der Waals surface area contributed by atoms with Crippen molar-refractivity contribution in [2.45, 2.75) is 37.6 Å². The Hall–Kier alpha value is -0.580. The predicted octanol–water partition coefficient (Wildman–Crippen LogP) is 1.69. The second kappa shape index (κ2) is 2.70. The summed E-state index contributed by atoms with van der Waals surface area (Å²) in [7, 11) is 0. The summed E-state index contributed by atoms with van der Waals surface area (Å²) in [5, 5.41) is 0. The fraction of sp³-hybridized carbons (Fsp3) is 0.875. The van der Waals surface area contributed by atoms with Gasteiger partial charge in [0.2, 0.25) is 5.78 Å². The van der Waals surface area contributed by atoms with Crippen LogP contribution >= 0.6 is 0 Å². The minimum Gasteiger partial charge on any atom is -0.374 e. The maximum absolute atomic E-state index is 12.0. The number of rotatable bonds is 1. The number of ketones is 1. The van der Waals surface area contributed by atoms with Crippen molar-refractivity contribution >= 4 is 5.78 Å². The van der Waals surface area contributed by atoms with Gasteiger partial charge in [0.05, 0.1) is 18.1 Å². The molecule has 0 spiro atoms. The number of hydrogen-bond acceptors (Lipinski definition) is 2. The quantitative estimate of drug-likeness (QED) is 0.634. The second-order valence-corrected chi connectivity index (χ2v) is 3.58. The zero-order valence-corrected chi connectivity index (χ0v) is 6.80. The van der Waals surface area contributed by atoms with Crippen LogP contribution in [-0.4, -0.2) is 24.2 Å². The first-order valence-corrected chi connectivity index (χ1v) is 4.25. The van der Waals surface area contributed by atoms with Crippen LogP contribution in [0.4, 0.5) is 13.2 Å². The van der Waals surface area contributed by atoms with Crippen molar-refractivity contribution in [2.24, 2.45) is 5.92 Å². The van der Waals surface area contributed by atoms with Crippen LogP contribution < -0.4 is 0 Å². The van der Waals surface area contributed by atoms with Crippen LogP contribution in [0, 0.1) is 5.92 Å². The van der Waals surface area contributed by atoms with Crippen molar-refractivity contribution in [1.29, 1.82) is 0 Å². The Bertz CT molecular complexity index is 236. The first-order valence-electron chi connectivity index (χ1n) is 4.25. The molecule has 3 atom stereocenters. The molecule has 2 heterocycles. The highest BCUT2D eigenvalue weighted by Crippen LogP contribution is 2.41. The highest BCUT2D eigenvalue weighted by atomic mass is 19.4. The minimum atomic E-state index is -4.70. The van der Waals surface area contributed by atoms with E-state index in [2.05, 4.69) is 0 Å². The molecule has 0 amide bonds. The fourth-order valence-electron chi connectivity index (χ4n) is 2.12. The summed E-state index contributed by atoms with van der Waals surface area (Å²) in [5.74, 6) is -2.54. The summed E-state index contributed by atoms with van der Waals surface area (Å²) in [4.78, 5) is 10.9. The molecule has 0 aromatic rings. The Morgan fingerprint density at radius 3 is 2.38 bits per heavy atom. The summed E-state index contributed by atoms with van der Waals surface area (Å²) in [6.07, 6.45) is -3.63. The third kappa shape index (κ3) is 1.45. The van der Waals surface area contributed by atoms with Crippen molar-refractivity contribution in [3.05, 3.63) is 0 Å². The first-order chi connectivity index (χ1) is 5.98. The normalized spacial score (nSPS) is 38.2. The zero-order chi connectivity index (χ0) is 9.64. The molecule has 2 saturated heterocycles. The van der Waals surface area contributed by atoms with E-state index in [4.69, 9.17) is 4.74 Å². The van der Waals surface area contributed by atoms with Crippen molar-refractivity contribution in [3.63, 3.8) is 0 Å². The van der Waals surface area contributed by atoms with Crippen LogP contribution in [0.2, 0.25) is 0 Å². The number of Topliss-reactive ketones (excluding diaryl/α,β-unsaturated/α-hetero) is 1. The second-order valence-electron chi connectivity index (χ2n) is 3.58. The standard InChI is InChI=1S/C8H9F3O2/c9-8(10,11)7(12)5-3-4-1-2-6(5)13-4/h4-6H,1-3H2. The van der Waals surface area contributed by atoms with Gasteiger partial charge in [0.15, 0.2) is 0 Å². The van der Waals surface area contributed by atoms with Gasteiger partial charge in [-0.25, -0.2) is 0 Å². The smallest absolute Gasteiger partial charge is 0.374 e. The molecule has 2 nitrogen and oxygen atoms in total. The lowest BCUT2D eigenvalue weighted by Crippen LogP contribution is -2.35. The summed E-state index contributed by atoms with van der Waals surface area (Å²) >= 11 is 0. The number of halogens is 3. The Labute approximate surface area is 73.1 Å². The molecule has 2 rings (SSSR count). The van der Waals surface area contributed by atoms with Gasteiger partial charge in [-0.1, -0.05) is 0 Å². The van der Waals surface area contributed by atoms with Crippen LogP contribution in [0.3, 0.4) is 0 Å². The molecule has 3 unspecified atom stereocenters. The Kier molecular flexibility index (Phi) is 1.87. The minimum absolute atomic E-state index is 0.110. The van der Waals surface area contributed by atoms with Gasteiger partial charge in [-0.05, 0) is 19.3 Å².